The zero-order valence-electron chi connectivity index (χ0n) is 20.1. The van der Waals surface area contributed by atoms with Gasteiger partial charge in [-0.2, -0.15) is 4.99 Å². The minimum atomic E-state index is -0.714. The molecule has 0 atom stereocenters. The van der Waals surface area contributed by atoms with Gasteiger partial charge in [-0.3, -0.25) is 4.79 Å². The summed E-state index contributed by atoms with van der Waals surface area (Å²) in [5.74, 6) is -0.147. The van der Waals surface area contributed by atoms with Crippen molar-refractivity contribution in [1.29, 1.82) is 0 Å². The van der Waals surface area contributed by atoms with Crippen LogP contribution in [0.15, 0.2) is 29.3 Å². The molecule has 1 aromatic carbocycles. The number of anilines is 2. The number of nitrogens with two attached hydrogens (primary N) is 1. The van der Waals surface area contributed by atoms with E-state index in [0.29, 0.717) is 11.9 Å². The zero-order chi connectivity index (χ0) is 23.6. The minimum Gasteiger partial charge on any atom is -0.451 e. The smallest absolute Gasteiger partial charge is 0.434 e. The van der Waals surface area contributed by atoms with Gasteiger partial charge in [0, 0.05) is 25.2 Å². The summed E-state index contributed by atoms with van der Waals surface area (Å²) in [7, 11) is 1.27. The zero-order valence-corrected chi connectivity index (χ0v) is 20.1. The summed E-state index contributed by atoms with van der Waals surface area (Å²) in [6.45, 7) is 3.81. The third kappa shape index (κ3) is 7.45. The van der Waals surface area contributed by atoms with Crippen LogP contribution in [-0.4, -0.2) is 61.6 Å². The van der Waals surface area contributed by atoms with Crippen LogP contribution in [0.4, 0.5) is 16.2 Å². The van der Waals surface area contributed by atoms with Gasteiger partial charge in [0.05, 0.1) is 18.5 Å². The van der Waals surface area contributed by atoms with Gasteiger partial charge >= 0.3 is 6.09 Å². The molecule has 0 bridgehead atoms. The minimum absolute atomic E-state index is 0.0782. The number of hydrogen-bond acceptors (Lipinski definition) is 5. The molecule has 2 aliphatic rings. The fraction of sp³-hybridized carbons (Fsp3) is 0.640. The van der Waals surface area contributed by atoms with Crippen LogP contribution in [0.25, 0.3) is 0 Å². The number of carbonyl (C=O) groups is 2. The van der Waals surface area contributed by atoms with E-state index in [-0.39, 0.29) is 6.54 Å². The van der Waals surface area contributed by atoms with Crippen LogP contribution in [0.5, 0.6) is 0 Å². The summed E-state index contributed by atoms with van der Waals surface area (Å²) in [5.41, 5.74) is 7.17. The Hall–Kier alpha value is -2.61. The maximum atomic E-state index is 11.8. The molecule has 33 heavy (non-hydrogen) atoms. The highest BCUT2D eigenvalue weighted by Crippen LogP contribution is 2.30. The van der Waals surface area contributed by atoms with E-state index in [9.17, 15) is 9.59 Å². The fourth-order valence-electron chi connectivity index (χ4n) is 5.03. The lowest BCUT2D eigenvalue weighted by molar-refractivity contribution is -0.116. The number of piperidine rings is 1. The monoisotopic (exact) mass is 457 g/mol. The van der Waals surface area contributed by atoms with Crippen molar-refractivity contribution >= 4 is 29.2 Å². The van der Waals surface area contributed by atoms with Crippen molar-refractivity contribution in [2.75, 3.05) is 37.0 Å². The molecule has 1 aliphatic carbocycles. The first-order valence-electron chi connectivity index (χ1n) is 12.3. The Morgan fingerprint density at radius 2 is 1.73 bits per heavy atom. The summed E-state index contributed by atoms with van der Waals surface area (Å²) >= 11 is 0. The number of ether oxygens (including phenoxy) is 1. The van der Waals surface area contributed by atoms with E-state index in [1.54, 1.807) is 11.8 Å². The summed E-state index contributed by atoms with van der Waals surface area (Å²) in [6.07, 6.45) is 11.0. The molecule has 0 unspecified atom stereocenters. The number of para-hydroxylation sites is 2. The normalized spacial score (nSPS) is 19.4. The van der Waals surface area contributed by atoms with Crippen molar-refractivity contribution < 1.29 is 14.3 Å². The number of likely N-dealkylation sites (tertiary alicyclic amines) is 1. The van der Waals surface area contributed by atoms with E-state index in [0.717, 1.165) is 43.3 Å². The van der Waals surface area contributed by atoms with Crippen molar-refractivity contribution in [3.05, 3.63) is 24.3 Å². The molecule has 2 amide bonds. The number of nitrogens with one attached hydrogen (secondary N) is 1. The Balaban J connectivity index is 1.68. The summed E-state index contributed by atoms with van der Waals surface area (Å²) < 4.78 is 4.65. The quantitative estimate of drug-likeness (QED) is 0.492. The van der Waals surface area contributed by atoms with Gasteiger partial charge in [-0.15, -0.1) is 0 Å². The average Bonchev–Trinajstić information content (AvgIpc) is 2.78. The second kappa shape index (κ2) is 12.6. The molecular formula is C25H39N5O3. The molecule has 1 aromatic rings. The first kappa shape index (κ1) is 25.0. The number of hydrogen-bond donors (Lipinski definition) is 2. The topological polar surface area (TPSA) is 100 Å². The van der Waals surface area contributed by atoms with Crippen molar-refractivity contribution in [1.82, 2.24) is 4.90 Å². The fourth-order valence-corrected chi connectivity index (χ4v) is 5.03. The summed E-state index contributed by atoms with van der Waals surface area (Å²) in [5, 5.41) is 3.68. The van der Waals surface area contributed by atoms with Crippen molar-refractivity contribution in [2.45, 2.75) is 76.8 Å². The Morgan fingerprint density at radius 3 is 2.36 bits per heavy atom. The second-order valence-electron chi connectivity index (χ2n) is 9.15. The van der Waals surface area contributed by atoms with Gasteiger partial charge < -0.3 is 25.6 Å². The van der Waals surface area contributed by atoms with Crippen LogP contribution in [0.2, 0.25) is 0 Å². The molecule has 1 aliphatic heterocycles. The van der Waals surface area contributed by atoms with Crippen LogP contribution >= 0.6 is 0 Å². The number of aliphatic imine (C=N–C) groups is 1. The van der Waals surface area contributed by atoms with Gasteiger partial charge in [0.15, 0.2) is 0 Å². The van der Waals surface area contributed by atoms with Crippen LogP contribution in [0.1, 0.15) is 64.7 Å². The lowest BCUT2D eigenvalue weighted by Crippen LogP contribution is -2.45. The predicted octanol–water partition coefficient (Wildman–Crippen LogP) is 4.15. The summed E-state index contributed by atoms with van der Waals surface area (Å²) in [4.78, 5) is 31.7. The molecule has 8 nitrogen and oxygen atoms in total. The molecule has 2 fully saturated rings. The number of rotatable bonds is 6. The SMILES string of the molecule is COC(=O)/N=C(/C)N(CC(N)=O)c1ccccc1NC1CCN(C2CCCCCCC2)CC1. The predicted molar refractivity (Wildman–Crippen MR) is 133 cm³/mol. The lowest BCUT2D eigenvalue weighted by Gasteiger charge is -2.39. The van der Waals surface area contributed by atoms with Crippen LogP contribution in [0.3, 0.4) is 0 Å². The molecule has 1 saturated carbocycles. The van der Waals surface area contributed by atoms with Gasteiger partial charge in [0.2, 0.25) is 5.91 Å². The van der Waals surface area contributed by atoms with E-state index < -0.39 is 12.0 Å². The Kier molecular flexibility index (Phi) is 9.54. The molecule has 0 radical (unpaired) electrons. The number of methoxy groups -OCH3 is 1. The first-order valence-corrected chi connectivity index (χ1v) is 12.3. The molecule has 182 valence electrons. The number of amidine groups is 1. The highest BCUT2D eigenvalue weighted by atomic mass is 16.5. The molecule has 3 N–H and O–H groups in total. The van der Waals surface area contributed by atoms with Gasteiger partial charge in [-0.1, -0.05) is 44.2 Å². The van der Waals surface area contributed by atoms with E-state index >= 15 is 0 Å². The largest absolute Gasteiger partial charge is 0.451 e. The number of amides is 2. The molecule has 0 aromatic heterocycles. The van der Waals surface area contributed by atoms with Crippen molar-refractivity contribution in [3.8, 4) is 0 Å². The van der Waals surface area contributed by atoms with Crippen molar-refractivity contribution in [3.63, 3.8) is 0 Å². The highest BCUT2D eigenvalue weighted by Gasteiger charge is 2.26. The maximum Gasteiger partial charge on any atom is 0.434 e. The van der Waals surface area contributed by atoms with Gasteiger partial charge in [-0.25, -0.2) is 4.79 Å². The number of nitrogens with zero attached hydrogens (tertiary/aromatic N) is 3. The third-order valence-electron chi connectivity index (χ3n) is 6.81. The van der Waals surface area contributed by atoms with E-state index in [2.05, 4.69) is 19.9 Å². The highest BCUT2D eigenvalue weighted by molar-refractivity contribution is 6.06. The number of carbonyl (C=O) groups excluding carboxylic acids is 2. The van der Waals surface area contributed by atoms with Crippen LogP contribution in [-0.2, 0) is 9.53 Å². The van der Waals surface area contributed by atoms with Crippen LogP contribution in [0, 0.1) is 0 Å². The second-order valence-corrected chi connectivity index (χ2v) is 9.15. The molecule has 1 saturated heterocycles. The molecular weight excluding hydrogens is 418 g/mol. The Morgan fingerprint density at radius 1 is 1.09 bits per heavy atom. The molecule has 8 heteroatoms. The van der Waals surface area contributed by atoms with Crippen molar-refractivity contribution in [2.24, 2.45) is 10.7 Å². The maximum absolute atomic E-state index is 11.8. The Labute approximate surface area is 197 Å². The number of primary amides is 1. The first-order chi connectivity index (χ1) is 16.0. The summed E-state index contributed by atoms with van der Waals surface area (Å²) in [6, 6.07) is 8.86. The van der Waals surface area contributed by atoms with Gasteiger partial charge in [-0.05, 0) is 44.7 Å². The standard InChI is InChI=1S/C25H39N5O3/c1-19(27-25(32)33-2)30(18-24(26)31)23-13-9-8-12-22(23)28-20-14-16-29(17-15-20)21-10-6-4-3-5-7-11-21/h8-9,12-13,20-21,28H,3-7,10-11,14-18H2,1-2H3,(H2,26,31)/b27-19-. The third-order valence-corrected chi connectivity index (χ3v) is 6.81. The molecule has 3 rings (SSSR count). The van der Waals surface area contributed by atoms with E-state index in [4.69, 9.17) is 5.73 Å². The Bertz CT molecular complexity index is 812. The molecule has 0 spiro atoms. The number of benzene rings is 1. The van der Waals surface area contributed by atoms with E-state index in [1.807, 2.05) is 24.3 Å². The molecule has 1 heterocycles. The van der Waals surface area contributed by atoms with Gasteiger partial charge in [0.25, 0.3) is 0 Å². The lowest BCUT2D eigenvalue weighted by atomic mass is 9.93. The van der Waals surface area contributed by atoms with Gasteiger partial charge in [0.1, 0.15) is 12.4 Å². The van der Waals surface area contributed by atoms with E-state index in [1.165, 1.54) is 52.1 Å². The average molecular weight is 458 g/mol. The van der Waals surface area contributed by atoms with Crippen LogP contribution < -0.4 is 16.0 Å².